The number of aromatic nitrogens is 5. The van der Waals surface area contributed by atoms with E-state index in [1.807, 2.05) is 42.7 Å². The maximum absolute atomic E-state index is 6.16. The van der Waals surface area contributed by atoms with Crippen LogP contribution in [0.25, 0.3) is 116 Å². The molecule has 0 aliphatic rings. The molecule has 6 aromatic heterocycles. The van der Waals surface area contributed by atoms with Crippen LogP contribution < -0.4 is 0 Å². The molecule has 0 fully saturated rings. The summed E-state index contributed by atoms with van der Waals surface area (Å²) in [6, 6.07) is 49.7. The zero-order valence-corrected chi connectivity index (χ0v) is 30.8. The van der Waals surface area contributed by atoms with Gasteiger partial charge < -0.3 is 23.1 Å². The normalized spacial score (nSPS) is 12.3. The fourth-order valence-electron chi connectivity index (χ4n) is 9.24. The van der Waals surface area contributed by atoms with Crippen molar-refractivity contribution in [2.24, 2.45) is 0 Å². The first-order valence-electron chi connectivity index (χ1n) is 19.1. The summed E-state index contributed by atoms with van der Waals surface area (Å²) in [7, 11) is 0. The fourth-order valence-corrected chi connectivity index (χ4v) is 9.24. The van der Waals surface area contributed by atoms with Gasteiger partial charge in [0.1, 0.15) is 5.58 Å². The molecule has 1 N–H and O–H groups in total. The SMILES string of the molecule is C=C/C=C\C(=C)n1c2c(ccc3c2c2ccccc2n3-c2cccc(-c3ccccn3)c2)c2ccc3c(c4ccccc4n3-c3ccc4oc5cc[nH]c5c4c3)c21. The first-order chi connectivity index (χ1) is 28.2. The highest BCUT2D eigenvalue weighted by Crippen LogP contribution is 2.46. The topological polar surface area (TPSA) is 56.6 Å². The minimum atomic E-state index is 0.856. The van der Waals surface area contributed by atoms with Crippen molar-refractivity contribution in [3.8, 4) is 22.6 Å². The molecule has 0 radical (unpaired) electrons. The first-order valence-corrected chi connectivity index (χ1v) is 19.1. The lowest BCUT2D eigenvalue weighted by molar-refractivity contribution is 0.669. The molecule has 12 aromatic rings. The monoisotopic (exact) mass is 731 g/mol. The van der Waals surface area contributed by atoms with Crippen LogP contribution in [0.5, 0.6) is 0 Å². The number of furan rings is 1. The van der Waals surface area contributed by atoms with Gasteiger partial charge in [0.05, 0.1) is 44.3 Å². The predicted molar refractivity (Wildman–Crippen MR) is 238 cm³/mol. The van der Waals surface area contributed by atoms with Crippen molar-refractivity contribution in [3.63, 3.8) is 0 Å². The lowest BCUT2D eigenvalue weighted by Crippen LogP contribution is -1.96. The van der Waals surface area contributed by atoms with E-state index in [0.717, 1.165) is 83.5 Å². The fraction of sp³-hybridized carbons (Fsp3) is 0. The Morgan fingerprint density at radius 2 is 1.28 bits per heavy atom. The number of rotatable bonds is 6. The second-order valence-electron chi connectivity index (χ2n) is 14.6. The smallest absolute Gasteiger partial charge is 0.153 e. The minimum absolute atomic E-state index is 0.856. The third kappa shape index (κ3) is 4.38. The van der Waals surface area contributed by atoms with Crippen LogP contribution in [0.3, 0.4) is 0 Å². The molecule has 0 saturated heterocycles. The van der Waals surface area contributed by atoms with Crippen LogP contribution in [0.4, 0.5) is 0 Å². The van der Waals surface area contributed by atoms with Gasteiger partial charge >= 0.3 is 0 Å². The van der Waals surface area contributed by atoms with Crippen LogP contribution in [0, 0.1) is 0 Å². The molecular weight excluding hydrogens is 699 g/mol. The third-order valence-electron chi connectivity index (χ3n) is 11.6. The van der Waals surface area contributed by atoms with Gasteiger partial charge in [-0.3, -0.25) is 4.98 Å². The summed E-state index contributed by atoms with van der Waals surface area (Å²) in [5.41, 5.74) is 14.5. The second-order valence-corrected chi connectivity index (χ2v) is 14.6. The third-order valence-corrected chi connectivity index (χ3v) is 11.6. The molecule has 6 aromatic carbocycles. The summed E-state index contributed by atoms with van der Waals surface area (Å²) in [6.07, 6.45) is 9.62. The Hall–Kier alpha value is -7.83. The van der Waals surface area contributed by atoms with Crippen molar-refractivity contribution in [3.05, 3.63) is 183 Å². The highest BCUT2D eigenvalue weighted by atomic mass is 16.3. The summed E-state index contributed by atoms with van der Waals surface area (Å²) in [6.45, 7) is 8.73. The molecule has 0 amide bonds. The number of H-pyrrole nitrogens is 1. The Morgan fingerprint density at radius 3 is 1.96 bits per heavy atom. The van der Waals surface area contributed by atoms with Gasteiger partial charge in [0, 0.05) is 72.7 Å². The molecule has 0 atom stereocenters. The van der Waals surface area contributed by atoms with E-state index in [1.165, 1.54) is 32.3 Å². The number of fused-ring (bicyclic) bond motifs is 14. The number of pyridine rings is 1. The van der Waals surface area contributed by atoms with Gasteiger partial charge in [0.25, 0.3) is 0 Å². The Balaban J connectivity index is 1.22. The maximum atomic E-state index is 6.16. The number of allylic oxidation sites excluding steroid dienone is 4. The molecule has 0 spiro atoms. The highest BCUT2D eigenvalue weighted by molar-refractivity contribution is 6.32. The Kier molecular flexibility index (Phi) is 6.54. The second kappa shape index (κ2) is 11.8. The van der Waals surface area contributed by atoms with Gasteiger partial charge in [-0.2, -0.15) is 0 Å². The summed E-state index contributed by atoms with van der Waals surface area (Å²) < 4.78 is 13.3. The van der Waals surface area contributed by atoms with Gasteiger partial charge in [-0.1, -0.05) is 92.0 Å². The number of hydrogen-bond donors (Lipinski definition) is 1. The van der Waals surface area contributed by atoms with Gasteiger partial charge in [-0.25, -0.2) is 0 Å². The molecule has 6 heteroatoms. The molecule has 0 aliphatic carbocycles. The average molecular weight is 732 g/mol. The van der Waals surface area contributed by atoms with Crippen LogP contribution in [-0.4, -0.2) is 23.7 Å². The van der Waals surface area contributed by atoms with Gasteiger partial charge in [0.2, 0.25) is 0 Å². The van der Waals surface area contributed by atoms with E-state index < -0.39 is 0 Å². The molecular formula is C51H33N5O. The number of nitrogens with zero attached hydrogens (tertiary/aromatic N) is 4. The van der Waals surface area contributed by atoms with Crippen LogP contribution in [0.2, 0.25) is 0 Å². The Morgan fingerprint density at radius 1 is 0.596 bits per heavy atom. The molecule has 57 heavy (non-hydrogen) atoms. The van der Waals surface area contributed by atoms with Crippen molar-refractivity contribution < 1.29 is 4.42 Å². The largest absolute Gasteiger partial charge is 0.454 e. The molecule has 268 valence electrons. The van der Waals surface area contributed by atoms with E-state index in [4.69, 9.17) is 11.0 Å². The van der Waals surface area contributed by atoms with Crippen molar-refractivity contribution in [1.29, 1.82) is 0 Å². The van der Waals surface area contributed by atoms with Gasteiger partial charge in [0.15, 0.2) is 5.58 Å². The van der Waals surface area contributed by atoms with Crippen LogP contribution in [-0.2, 0) is 0 Å². The van der Waals surface area contributed by atoms with Gasteiger partial charge in [-0.15, -0.1) is 0 Å². The molecule has 6 nitrogen and oxygen atoms in total. The Labute approximate surface area is 326 Å². The number of nitrogens with one attached hydrogen (secondary N) is 1. The van der Waals surface area contributed by atoms with Crippen molar-refractivity contribution in [1.82, 2.24) is 23.7 Å². The standard InChI is InChI=1S/C51H33N5O/c1-3-4-12-31(2)54-50-35(21-23-43-47(50)37-15-5-7-18-41(37)55(43)33-14-11-13-32(29-33)40-17-9-10-27-52-40)36-22-24-44-48(51(36)54)38-16-6-8-19-42(38)56(44)34-20-25-45-39(30-34)49-46(57-45)26-28-53-49/h3-30,53H,1-2H2/b12-4-. The van der Waals surface area contributed by atoms with Crippen LogP contribution in [0.1, 0.15) is 0 Å². The van der Waals surface area contributed by atoms with Crippen molar-refractivity contribution in [2.75, 3.05) is 0 Å². The molecule has 6 heterocycles. The molecule has 0 aliphatic heterocycles. The number of benzene rings is 6. The predicted octanol–water partition coefficient (Wildman–Crippen LogP) is 13.5. The Bertz CT molecular complexity index is 3680. The molecule has 0 unspecified atom stereocenters. The van der Waals surface area contributed by atoms with Crippen LogP contribution >= 0.6 is 0 Å². The van der Waals surface area contributed by atoms with Crippen molar-refractivity contribution in [2.45, 2.75) is 0 Å². The van der Waals surface area contributed by atoms with Gasteiger partial charge in [-0.05, 0) is 78.9 Å². The van der Waals surface area contributed by atoms with E-state index in [9.17, 15) is 0 Å². The summed E-state index contributed by atoms with van der Waals surface area (Å²) >= 11 is 0. The van der Waals surface area contributed by atoms with E-state index in [0.29, 0.717) is 0 Å². The number of hydrogen-bond acceptors (Lipinski definition) is 2. The van der Waals surface area contributed by atoms with E-state index >= 15 is 0 Å². The molecule has 0 saturated carbocycles. The summed E-state index contributed by atoms with van der Waals surface area (Å²) in [5, 5.41) is 8.09. The zero-order valence-electron chi connectivity index (χ0n) is 30.8. The van der Waals surface area contributed by atoms with Crippen molar-refractivity contribution >= 4 is 93.2 Å². The summed E-state index contributed by atoms with van der Waals surface area (Å²) in [5.74, 6) is 0. The lowest BCUT2D eigenvalue weighted by atomic mass is 10.1. The van der Waals surface area contributed by atoms with E-state index in [1.54, 1.807) is 0 Å². The maximum Gasteiger partial charge on any atom is 0.153 e. The van der Waals surface area contributed by atoms with E-state index in [2.05, 4.69) is 158 Å². The molecule has 0 bridgehead atoms. The minimum Gasteiger partial charge on any atom is -0.454 e. The zero-order chi connectivity index (χ0) is 37.8. The highest BCUT2D eigenvalue weighted by Gasteiger charge is 2.25. The number of para-hydroxylation sites is 2. The van der Waals surface area contributed by atoms with Crippen LogP contribution in [0.15, 0.2) is 188 Å². The first kappa shape index (κ1) is 31.5. The average Bonchev–Trinajstić information content (AvgIpc) is 4.07. The lowest BCUT2D eigenvalue weighted by Gasteiger charge is -2.11. The quantitative estimate of drug-likeness (QED) is 0.173. The van der Waals surface area contributed by atoms with E-state index in [-0.39, 0.29) is 0 Å². The number of aromatic amines is 1. The molecule has 12 rings (SSSR count). The summed E-state index contributed by atoms with van der Waals surface area (Å²) in [4.78, 5) is 8.04.